The van der Waals surface area contributed by atoms with Gasteiger partial charge in [0.25, 0.3) is 0 Å². The third-order valence-electron chi connectivity index (χ3n) is 3.29. The molecule has 0 unspecified atom stereocenters. The number of rotatable bonds is 4. The van der Waals surface area contributed by atoms with Crippen molar-refractivity contribution in [1.82, 2.24) is 10.2 Å². The molecule has 1 saturated heterocycles. The number of piperazine rings is 1. The first kappa shape index (κ1) is 13.7. The highest BCUT2D eigenvalue weighted by Gasteiger charge is 2.10. The molecule has 1 fully saturated rings. The summed E-state index contributed by atoms with van der Waals surface area (Å²) >= 11 is 6.01. The van der Waals surface area contributed by atoms with Crippen LogP contribution in [-0.4, -0.2) is 44.2 Å². The van der Waals surface area contributed by atoms with Crippen molar-refractivity contribution in [2.75, 3.05) is 39.3 Å². The zero-order valence-corrected chi connectivity index (χ0v) is 11.9. The van der Waals surface area contributed by atoms with E-state index in [2.05, 4.69) is 10.2 Å². The Balaban J connectivity index is 1.86. The third-order valence-corrected chi connectivity index (χ3v) is 3.51. The Bertz CT molecular complexity index is 380. The summed E-state index contributed by atoms with van der Waals surface area (Å²) < 4.78 is 5.90. The second kappa shape index (κ2) is 6.41. The van der Waals surface area contributed by atoms with Crippen LogP contribution in [0.5, 0.6) is 5.75 Å². The smallest absolute Gasteiger partial charge is 0.125 e. The summed E-state index contributed by atoms with van der Waals surface area (Å²) in [6.45, 7) is 10.2. The van der Waals surface area contributed by atoms with E-state index < -0.39 is 0 Å². The molecule has 0 aromatic heterocycles. The second-order valence-electron chi connectivity index (χ2n) is 4.81. The molecule has 0 amide bonds. The van der Waals surface area contributed by atoms with Crippen molar-refractivity contribution >= 4 is 11.6 Å². The molecule has 1 heterocycles. The maximum Gasteiger partial charge on any atom is 0.125 e. The molecule has 0 saturated carbocycles. The first-order valence-electron chi connectivity index (χ1n) is 6.49. The van der Waals surface area contributed by atoms with Crippen LogP contribution in [0.2, 0.25) is 5.02 Å². The van der Waals surface area contributed by atoms with E-state index in [4.69, 9.17) is 16.3 Å². The molecule has 1 aromatic rings. The van der Waals surface area contributed by atoms with Gasteiger partial charge in [0.2, 0.25) is 0 Å². The van der Waals surface area contributed by atoms with E-state index in [0.717, 1.165) is 61.2 Å². The zero-order valence-electron chi connectivity index (χ0n) is 11.1. The van der Waals surface area contributed by atoms with Crippen LogP contribution in [0, 0.1) is 13.8 Å². The fourth-order valence-electron chi connectivity index (χ4n) is 2.34. The van der Waals surface area contributed by atoms with E-state index in [1.807, 2.05) is 26.0 Å². The second-order valence-corrected chi connectivity index (χ2v) is 5.25. The highest BCUT2D eigenvalue weighted by Crippen LogP contribution is 2.26. The summed E-state index contributed by atoms with van der Waals surface area (Å²) in [5.74, 6) is 0.981. The van der Waals surface area contributed by atoms with Gasteiger partial charge in [0.1, 0.15) is 12.4 Å². The molecule has 2 rings (SSSR count). The number of aryl methyl sites for hydroxylation is 2. The molecule has 4 heteroatoms. The van der Waals surface area contributed by atoms with Gasteiger partial charge in [-0.2, -0.15) is 0 Å². The van der Waals surface area contributed by atoms with Crippen LogP contribution >= 0.6 is 11.6 Å². The Morgan fingerprint density at radius 1 is 1.22 bits per heavy atom. The SMILES string of the molecule is Cc1cc(Cl)cc(C)c1OCCN1CCNCC1. The molecular formula is C14H21ClN2O. The van der Waals surface area contributed by atoms with Crippen LogP contribution in [0.3, 0.4) is 0 Å². The van der Waals surface area contributed by atoms with Crippen LogP contribution in [0.15, 0.2) is 12.1 Å². The molecule has 0 aliphatic carbocycles. The standard InChI is InChI=1S/C14H21ClN2O/c1-11-9-13(15)10-12(2)14(11)18-8-7-17-5-3-16-4-6-17/h9-10,16H,3-8H2,1-2H3. The Hall–Kier alpha value is -0.770. The van der Waals surface area contributed by atoms with Gasteiger partial charge in [0, 0.05) is 37.7 Å². The zero-order chi connectivity index (χ0) is 13.0. The number of hydrogen-bond donors (Lipinski definition) is 1. The summed E-state index contributed by atoms with van der Waals surface area (Å²) in [5, 5.41) is 4.13. The lowest BCUT2D eigenvalue weighted by atomic mass is 10.1. The van der Waals surface area contributed by atoms with Crippen molar-refractivity contribution in [3.05, 3.63) is 28.3 Å². The molecular weight excluding hydrogens is 248 g/mol. The van der Waals surface area contributed by atoms with Gasteiger partial charge in [-0.15, -0.1) is 0 Å². The number of hydrogen-bond acceptors (Lipinski definition) is 3. The van der Waals surface area contributed by atoms with Crippen LogP contribution < -0.4 is 10.1 Å². The van der Waals surface area contributed by atoms with Crippen LogP contribution in [-0.2, 0) is 0 Å². The van der Waals surface area contributed by atoms with Gasteiger partial charge < -0.3 is 10.1 Å². The average molecular weight is 269 g/mol. The highest BCUT2D eigenvalue weighted by atomic mass is 35.5. The van der Waals surface area contributed by atoms with Crippen molar-refractivity contribution in [2.45, 2.75) is 13.8 Å². The Kier molecular flexibility index (Phi) is 4.87. The largest absolute Gasteiger partial charge is 0.492 e. The van der Waals surface area contributed by atoms with Crippen molar-refractivity contribution in [1.29, 1.82) is 0 Å². The Morgan fingerprint density at radius 3 is 2.44 bits per heavy atom. The molecule has 18 heavy (non-hydrogen) atoms. The van der Waals surface area contributed by atoms with E-state index in [-0.39, 0.29) is 0 Å². The number of nitrogens with one attached hydrogen (secondary N) is 1. The first-order chi connectivity index (χ1) is 8.66. The summed E-state index contributed by atoms with van der Waals surface area (Å²) in [6, 6.07) is 3.91. The molecule has 0 atom stereocenters. The van der Waals surface area contributed by atoms with E-state index in [0.29, 0.717) is 0 Å². The van der Waals surface area contributed by atoms with Crippen LogP contribution in [0.4, 0.5) is 0 Å². The molecule has 1 aliphatic heterocycles. The first-order valence-corrected chi connectivity index (χ1v) is 6.87. The van der Waals surface area contributed by atoms with Gasteiger partial charge in [-0.05, 0) is 37.1 Å². The van der Waals surface area contributed by atoms with Gasteiger partial charge >= 0.3 is 0 Å². The molecule has 3 nitrogen and oxygen atoms in total. The lowest BCUT2D eigenvalue weighted by Crippen LogP contribution is -2.44. The summed E-state index contributed by atoms with van der Waals surface area (Å²) in [6.07, 6.45) is 0. The van der Waals surface area contributed by atoms with E-state index >= 15 is 0 Å². The van der Waals surface area contributed by atoms with Gasteiger partial charge in [-0.25, -0.2) is 0 Å². The van der Waals surface area contributed by atoms with E-state index in [9.17, 15) is 0 Å². The minimum absolute atomic E-state index is 0.739. The van der Waals surface area contributed by atoms with Gasteiger partial charge in [-0.1, -0.05) is 11.6 Å². The van der Waals surface area contributed by atoms with Crippen LogP contribution in [0.1, 0.15) is 11.1 Å². The highest BCUT2D eigenvalue weighted by molar-refractivity contribution is 6.30. The minimum atomic E-state index is 0.739. The monoisotopic (exact) mass is 268 g/mol. The number of ether oxygens (including phenoxy) is 1. The van der Waals surface area contributed by atoms with Crippen LogP contribution in [0.25, 0.3) is 0 Å². The molecule has 100 valence electrons. The molecule has 0 radical (unpaired) electrons. The normalized spacial score (nSPS) is 16.8. The Morgan fingerprint density at radius 2 is 1.83 bits per heavy atom. The molecule has 1 aliphatic rings. The minimum Gasteiger partial charge on any atom is -0.492 e. The number of halogens is 1. The lowest BCUT2D eigenvalue weighted by Gasteiger charge is -2.27. The maximum atomic E-state index is 6.01. The van der Waals surface area contributed by atoms with Crippen molar-refractivity contribution in [2.24, 2.45) is 0 Å². The predicted octanol–water partition coefficient (Wildman–Crippen LogP) is 2.24. The van der Waals surface area contributed by atoms with Crippen molar-refractivity contribution in [3.8, 4) is 5.75 Å². The fraction of sp³-hybridized carbons (Fsp3) is 0.571. The van der Waals surface area contributed by atoms with Gasteiger partial charge in [0.15, 0.2) is 0 Å². The fourth-order valence-corrected chi connectivity index (χ4v) is 2.66. The molecule has 0 bridgehead atoms. The number of nitrogens with zero attached hydrogens (tertiary/aromatic N) is 1. The Labute approximate surface area is 114 Å². The van der Waals surface area contributed by atoms with E-state index in [1.165, 1.54) is 0 Å². The predicted molar refractivity (Wildman–Crippen MR) is 75.7 cm³/mol. The molecule has 0 spiro atoms. The molecule has 1 aromatic carbocycles. The van der Waals surface area contributed by atoms with Crippen molar-refractivity contribution in [3.63, 3.8) is 0 Å². The third kappa shape index (κ3) is 3.61. The van der Waals surface area contributed by atoms with E-state index in [1.54, 1.807) is 0 Å². The van der Waals surface area contributed by atoms with Gasteiger partial charge in [-0.3, -0.25) is 4.90 Å². The maximum absolute atomic E-state index is 6.01. The average Bonchev–Trinajstić information content (AvgIpc) is 2.34. The topological polar surface area (TPSA) is 24.5 Å². The quantitative estimate of drug-likeness (QED) is 0.907. The summed E-state index contributed by atoms with van der Waals surface area (Å²) in [4.78, 5) is 2.43. The van der Waals surface area contributed by atoms with Crippen molar-refractivity contribution < 1.29 is 4.74 Å². The number of benzene rings is 1. The lowest BCUT2D eigenvalue weighted by molar-refractivity contribution is 0.190. The molecule has 1 N–H and O–H groups in total. The van der Waals surface area contributed by atoms with Gasteiger partial charge in [0.05, 0.1) is 0 Å². The summed E-state index contributed by atoms with van der Waals surface area (Å²) in [5.41, 5.74) is 2.22. The summed E-state index contributed by atoms with van der Waals surface area (Å²) in [7, 11) is 0.